The molecule has 2 amide bonds. The fourth-order valence-electron chi connectivity index (χ4n) is 3.02. The summed E-state index contributed by atoms with van der Waals surface area (Å²) in [6.45, 7) is 3.35. The van der Waals surface area contributed by atoms with Gasteiger partial charge in [0.05, 0.1) is 20.1 Å². The van der Waals surface area contributed by atoms with Crippen LogP contribution in [0.25, 0.3) is 0 Å². The molecule has 0 aliphatic carbocycles. The largest absolute Gasteiger partial charge is 0.497 e. The van der Waals surface area contributed by atoms with E-state index in [1.54, 1.807) is 26.0 Å². The number of nitrogens with one attached hydrogen (secondary N) is 1. The zero-order valence-electron chi connectivity index (χ0n) is 14.6. The van der Waals surface area contributed by atoms with E-state index in [0.717, 1.165) is 36.4 Å². The molecule has 1 fully saturated rings. The number of ether oxygens (including phenoxy) is 2. The second kappa shape index (κ2) is 8.57. The van der Waals surface area contributed by atoms with E-state index in [1.807, 2.05) is 18.2 Å². The van der Waals surface area contributed by atoms with Crippen molar-refractivity contribution in [2.75, 3.05) is 33.9 Å². The summed E-state index contributed by atoms with van der Waals surface area (Å²) in [7, 11) is 3.25. The predicted octanol–water partition coefficient (Wildman–Crippen LogP) is 1.62. The molecule has 1 aliphatic heterocycles. The highest BCUT2D eigenvalue weighted by atomic mass is 16.5. The van der Waals surface area contributed by atoms with Gasteiger partial charge >= 0.3 is 0 Å². The summed E-state index contributed by atoms with van der Waals surface area (Å²) in [5.41, 5.74) is 0.992. The molecule has 0 radical (unpaired) electrons. The average Bonchev–Trinajstić information content (AvgIpc) is 2.61. The molecule has 1 aromatic carbocycles. The fourth-order valence-corrected chi connectivity index (χ4v) is 3.02. The van der Waals surface area contributed by atoms with Gasteiger partial charge in [-0.2, -0.15) is 0 Å². The minimum absolute atomic E-state index is 0.0165. The average molecular weight is 334 g/mol. The standard InChI is InChI=1S/C18H26N2O4/c1-13(21)20-10-4-5-15(12-20)18(22)19-9-8-14-11-16(23-2)6-7-17(14)24-3/h6-7,11,15H,4-5,8-10,12H2,1-3H3,(H,19,22). The van der Waals surface area contributed by atoms with Crippen LogP contribution in [0.5, 0.6) is 11.5 Å². The highest BCUT2D eigenvalue weighted by molar-refractivity contribution is 5.80. The van der Waals surface area contributed by atoms with Crippen molar-refractivity contribution >= 4 is 11.8 Å². The number of carbonyl (C=O) groups excluding carboxylic acids is 2. The molecule has 1 aliphatic rings. The van der Waals surface area contributed by atoms with Crippen LogP contribution < -0.4 is 14.8 Å². The smallest absolute Gasteiger partial charge is 0.224 e. The Labute approximate surface area is 143 Å². The van der Waals surface area contributed by atoms with Gasteiger partial charge in [0, 0.05) is 26.6 Å². The molecule has 6 nitrogen and oxygen atoms in total. The number of rotatable bonds is 6. The molecule has 1 atom stereocenters. The van der Waals surface area contributed by atoms with E-state index < -0.39 is 0 Å². The van der Waals surface area contributed by atoms with Gasteiger partial charge < -0.3 is 19.7 Å². The Morgan fingerprint density at radius 1 is 1.29 bits per heavy atom. The number of benzene rings is 1. The van der Waals surface area contributed by atoms with E-state index in [9.17, 15) is 9.59 Å². The highest BCUT2D eigenvalue weighted by Gasteiger charge is 2.26. The van der Waals surface area contributed by atoms with Gasteiger partial charge in [-0.15, -0.1) is 0 Å². The van der Waals surface area contributed by atoms with Crippen LogP contribution in [0.3, 0.4) is 0 Å². The maximum atomic E-state index is 12.3. The number of amides is 2. The third kappa shape index (κ3) is 4.63. The molecule has 2 rings (SSSR count). The lowest BCUT2D eigenvalue weighted by Gasteiger charge is -2.31. The maximum absolute atomic E-state index is 12.3. The monoisotopic (exact) mass is 334 g/mol. The van der Waals surface area contributed by atoms with Crippen LogP contribution in [0.4, 0.5) is 0 Å². The predicted molar refractivity (Wildman–Crippen MR) is 91.2 cm³/mol. The molecular weight excluding hydrogens is 308 g/mol. The van der Waals surface area contributed by atoms with Crippen molar-refractivity contribution < 1.29 is 19.1 Å². The number of likely N-dealkylation sites (tertiary alicyclic amines) is 1. The van der Waals surface area contributed by atoms with Crippen LogP contribution in [0.1, 0.15) is 25.3 Å². The van der Waals surface area contributed by atoms with E-state index in [0.29, 0.717) is 19.5 Å². The topological polar surface area (TPSA) is 67.9 Å². The maximum Gasteiger partial charge on any atom is 0.224 e. The molecule has 1 saturated heterocycles. The van der Waals surface area contributed by atoms with Crippen LogP contribution in [0.15, 0.2) is 18.2 Å². The van der Waals surface area contributed by atoms with Crippen LogP contribution in [0, 0.1) is 5.92 Å². The van der Waals surface area contributed by atoms with Crippen LogP contribution in [-0.4, -0.2) is 50.6 Å². The van der Waals surface area contributed by atoms with Gasteiger partial charge in [-0.1, -0.05) is 0 Å². The van der Waals surface area contributed by atoms with Gasteiger partial charge in [0.25, 0.3) is 0 Å². The Hall–Kier alpha value is -2.24. The Balaban J connectivity index is 1.87. The van der Waals surface area contributed by atoms with Gasteiger partial charge in [0.1, 0.15) is 11.5 Å². The number of methoxy groups -OCH3 is 2. The van der Waals surface area contributed by atoms with Crippen molar-refractivity contribution in [2.24, 2.45) is 5.92 Å². The first-order chi connectivity index (χ1) is 11.5. The van der Waals surface area contributed by atoms with Crippen molar-refractivity contribution in [3.8, 4) is 11.5 Å². The summed E-state index contributed by atoms with van der Waals surface area (Å²) in [5.74, 6) is 1.48. The van der Waals surface area contributed by atoms with E-state index >= 15 is 0 Å². The normalized spacial score (nSPS) is 17.3. The summed E-state index contributed by atoms with van der Waals surface area (Å²) in [5, 5.41) is 2.98. The zero-order chi connectivity index (χ0) is 17.5. The number of piperidine rings is 1. The van der Waals surface area contributed by atoms with Crippen molar-refractivity contribution in [1.29, 1.82) is 0 Å². The van der Waals surface area contributed by atoms with Gasteiger partial charge in [-0.3, -0.25) is 9.59 Å². The molecule has 24 heavy (non-hydrogen) atoms. The minimum atomic E-state index is -0.116. The molecule has 6 heteroatoms. The SMILES string of the molecule is COc1ccc(OC)c(CCNC(=O)C2CCCN(C(C)=O)C2)c1. The molecule has 1 aromatic rings. The Morgan fingerprint density at radius 2 is 2.08 bits per heavy atom. The second-order valence-electron chi connectivity index (χ2n) is 6.02. The Bertz CT molecular complexity index is 588. The van der Waals surface area contributed by atoms with E-state index in [2.05, 4.69) is 5.32 Å². The summed E-state index contributed by atoms with van der Waals surface area (Å²) in [4.78, 5) is 25.5. The lowest BCUT2D eigenvalue weighted by atomic mass is 9.97. The van der Waals surface area contributed by atoms with Crippen LogP contribution in [0.2, 0.25) is 0 Å². The van der Waals surface area contributed by atoms with Gasteiger partial charge in [-0.25, -0.2) is 0 Å². The molecule has 0 spiro atoms. The third-order valence-electron chi connectivity index (χ3n) is 4.42. The quantitative estimate of drug-likeness (QED) is 0.858. The molecule has 132 valence electrons. The molecule has 1 unspecified atom stereocenters. The van der Waals surface area contributed by atoms with Crippen LogP contribution >= 0.6 is 0 Å². The first kappa shape index (κ1) is 18.1. The van der Waals surface area contributed by atoms with E-state index in [1.165, 1.54) is 0 Å². The van der Waals surface area contributed by atoms with Gasteiger partial charge in [0.2, 0.25) is 11.8 Å². The van der Waals surface area contributed by atoms with Crippen molar-refractivity contribution in [3.05, 3.63) is 23.8 Å². The molecule has 1 N–H and O–H groups in total. The Morgan fingerprint density at radius 3 is 2.75 bits per heavy atom. The Kier molecular flexibility index (Phi) is 6.46. The van der Waals surface area contributed by atoms with Crippen molar-refractivity contribution in [1.82, 2.24) is 10.2 Å². The second-order valence-corrected chi connectivity index (χ2v) is 6.02. The number of carbonyl (C=O) groups is 2. The first-order valence-electron chi connectivity index (χ1n) is 8.29. The van der Waals surface area contributed by atoms with Gasteiger partial charge in [-0.05, 0) is 43.0 Å². The molecule has 0 bridgehead atoms. The third-order valence-corrected chi connectivity index (χ3v) is 4.42. The van der Waals surface area contributed by atoms with Crippen molar-refractivity contribution in [2.45, 2.75) is 26.2 Å². The minimum Gasteiger partial charge on any atom is -0.497 e. The summed E-state index contributed by atoms with van der Waals surface area (Å²) in [6, 6.07) is 5.63. The number of nitrogens with zero attached hydrogens (tertiary/aromatic N) is 1. The summed E-state index contributed by atoms with van der Waals surface area (Å²) >= 11 is 0. The zero-order valence-corrected chi connectivity index (χ0v) is 14.6. The molecule has 0 saturated carbocycles. The molecule has 1 heterocycles. The van der Waals surface area contributed by atoms with Crippen LogP contribution in [-0.2, 0) is 16.0 Å². The molecule has 0 aromatic heterocycles. The van der Waals surface area contributed by atoms with E-state index in [-0.39, 0.29) is 17.7 Å². The summed E-state index contributed by atoms with van der Waals surface area (Å²) in [6.07, 6.45) is 2.37. The number of hydrogen-bond acceptors (Lipinski definition) is 4. The number of hydrogen-bond donors (Lipinski definition) is 1. The lowest BCUT2D eigenvalue weighted by Crippen LogP contribution is -2.45. The lowest BCUT2D eigenvalue weighted by molar-refractivity contribution is -0.133. The van der Waals surface area contributed by atoms with Gasteiger partial charge in [0.15, 0.2) is 0 Å². The highest BCUT2D eigenvalue weighted by Crippen LogP contribution is 2.24. The first-order valence-corrected chi connectivity index (χ1v) is 8.29. The van der Waals surface area contributed by atoms with Crippen molar-refractivity contribution in [3.63, 3.8) is 0 Å². The molecular formula is C18H26N2O4. The summed E-state index contributed by atoms with van der Waals surface area (Å²) < 4.78 is 10.6. The fraction of sp³-hybridized carbons (Fsp3) is 0.556. The van der Waals surface area contributed by atoms with E-state index in [4.69, 9.17) is 9.47 Å².